The predicted molar refractivity (Wildman–Crippen MR) is 84.8 cm³/mol. The van der Waals surface area contributed by atoms with Crippen LogP contribution in [0.3, 0.4) is 0 Å². The average molecular weight is 323 g/mol. The summed E-state index contributed by atoms with van der Waals surface area (Å²) in [6.45, 7) is 4.51. The summed E-state index contributed by atoms with van der Waals surface area (Å²) >= 11 is 0. The molecule has 0 spiro atoms. The van der Waals surface area contributed by atoms with E-state index in [1.54, 1.807) is 30.0 Å². The molecule has 1 aromatic rings. The van der Waals surface area contributed by atoms with Crippen LogP contribution in [0.2, 0.25) is 0 Å². The van der Waals surface area contributed by atoms with Gasteiger partial charge in [-0.3, -0.25) is 4.79 Å². The molecule has 0 aromatic heterocycles. The minimum absolute atomic E-state index is 0.161. The topological polar surface area (TPSA) is 61.9 Å². The highest BCUT2D eigenvalue weighted by Gasteiger charge is 2.22. The number of nitrogens with zero attached hydrogens (tertiary/aromatic N) is 2. The van der Waals surface area contributed by atoms with E-state index in [4.69, 9.17) is 4.74 Å². The van der Waals surface area contributed by atoms with Crippen molar-refractivity contribution in [3.8, 4) is 0 Å². The summed E-state index contributed by atoms with van der Waals surface area (Å²) in [6.07, 6.45) is 0.161. The zero-order chi connectivity index (χ0) is 16.7. The van der Waals surface area contributed by atoms with Crippen LogP contribution in [-0.4, -0.2) is 56.2 Å². The van der Waals surface area contributed by atoms with Crippen LogP contribution in [0, 0.1) is 5.82 Å². The number of benzene rings is 1. The maximum absolute atomic E-state index is 13.8. The van der Waals surface area contributed by atoms with Crippen molar-refractivity contribution in [1.29, 1.82) is 0 Å². The first-order valence-corrected chi connectivity index (χ1v) is 7.79. The van der Waals surface area contributed by atoms with Crippen molar-refractivity contribution in [2.24, 2.45) is 0 Å². The van der Waals surface area contributed by atoms with Gasteiger partial charge in [0, 0.05) is 32.7 Å². The van der Waals surface area contributed by atoms with Gasteiger partial charge >= 0.3 is 12.0 Å². The number of rotatable bonds is 5. The standard InChI is InChI=1S/C16H22FN3O3/c1-2-23-15(21)7-8-18-16(22)20-11-9-19(10-12-20)14-6-4-3-5-13(14)17/h3-6H,2,7-12H2,1H3,(H,18,22). The molecule has 6 nitrogen and oxygen atoms in total. The fourth-order valence-corrected chi connectivity index (χ4v) is 2.48. The van der Waals surface area contributed by atoms with Crippen molar-refractivity contribution in [3.05, 3.63) is 30.1 Å². The zero-order valence-electron chi connectivity index (χ0n) is 13.3. The fraction of sp³-hybridized carbons (Fsp3) is 0.500. The maximum atomic E-state index is 13.8. The van der Waals surface area contributed by atoms with Crippen LogP contribution < -0.4 is 10.2 Å². The molecule has 1 aliphatic rings. The van der Waals surface area contributed by atoms with Crippen molar-refractivity contribution < 1.29 is 18.7 Å². The van der Waals surface area contributed by atoms with Crippen LogP contribution in [0.15, 0.2) is 24.3 Å². The van der Waals surface area contributed by atoms with Crippen molar-refractivity contribution in [1.82, 2.24) is 10.2 Å². The number of nitrogens with one attached hydrogen (secondary N) is 1. The Morgan fingerprint density at radius 2 is 1.91 bits per heavy atom. The number of para-hydroxylation sites is 1. The van der Waals surface area contributed by atoms with E-state index in [-0.39, 0.29) is 30.8 Å². The molecule has 1 aromatic carbocycles. The number of hydrogen-bond acceptors (Lipinski definition) is 4. The monoisotopic (exact) mass is 323 g/mol. The Balaban J connectivity index is 1.75. The first-order chi connectivity index (χ1) is 11.1. The predicted octanol–water partition coefficient (Wildman–Crippen LogP) is 1.61. The lowest BCUT2D eigenvalue weighted by Gasteiger charge is -2.36. The third-order valence-electron chi connectivity index (χ3n) is 3.67. The highest BCUT2D eigenvalue weighted by molar-refractivity contribution is 5.76. The second-order valence-corrected chi connectivity index (χ2v) is 5.21. The zero-order valence-corrected chi connectivity index (χ0v) is 13.3. The highest BCUT2D eigenvalue weighted by Crippen LogP contribution is 2.20. The molecule has 7 heteroatoms. The fourth-order valence-electron chi connectivity index (χ4n) is 2.48. The van der Waals surface area contributed by atoms with E-state index < -0.39 is 0 Å². The number of piperazine rings is 1. The summed E-state index contributed by atoms with van der Waals surface area (Å²) in [6, 6.07) is 6.43. The molecule has 23 heavy (non-hydrogen) atoms. The molecule has 1 fully saturated rings. The quantitative estimate of drug-likeness (QED) is 0.836. The summed E-state index contributed by atoms with van der Waals surface area (Å²) in [5.41, 5.74) is 0.565. The van der Waals surface area contributed by atoms with Crippen molar-refractivity contribution >= 4 is 17.7 Å². The highest BCUT2D eigenvalue weighted by atomic mass is 19.1. The average Bonchev–Trinajstić information content (AvgIpc) is 2.55. The van der Waals surface area contributed by atoms with Gasteiger partial charge in [0.25, 0.3) is 0 Å². The number of halogens is 1. The summed E-state index contributed by atoms with van der Waals surface area (Å²) in [4.78, 5) is 26.8. The summed E-state index contributed by atoms with van der Waals surface area (Å²) in [5.74, 6) is -0.572. The number of esters is 1. The van der Waals surface area contributed by atoms with Crippen LogP contribution in [0.25, 0.3) is 0 Å². The van der Waals surface area contributed by atoms with E-state index in [0.29, 0.717) is 38.5 Å². The molecular weight excluding hydrogens is 301 g/mol. The third kappa shape index (κ3) is 4.84. The Labute approximate surface area is 135 Å². The van der Waals surface area contributed by atoms with Gasteiger partial charge < -0.3 is 19.9 Å². The van der Waals surface area contributed by atoms with Gasteiger partial charge in [-0.2, -0.15) is 0 Å². The molecule has 0 bridgehead atoms. The van der Waals surface area contributed by atoms with Gasteiger partial charge in [0.05, 0.1) is 18.7 Å². The van der Waals surface area contributed by atoms with Gasteiger partial charge in [0.15, 0.2) is 0 Å². The molecule has 126 valence electrons. The maximum Gasteiger partial charge on any atom is 0.317 e. The number of hydrogen-bond donors (Lipinski definition) is 1. The largest absolute Gasteiger partial charge is 0.466 e. The van der Waals surface area contributed by atoms with Gasteiger partial charge in [-0.15, -0.1) is 0 Å². The number of carbonyl (C=O) groups excluding carboxylic acids is 2. The van der Waals surface area contributed by atoms with Crippen LogP contribution >= 0.6 is 0 Å². The van der Waals surface area contributed by atoms with Crippen molar-refractivity contribution in [2.45, 2.75) is 13.3 Å². The number of amides is 2. The second kappa shape index (κ2) is 8.36. The van der Waals surface area contributed by atoms with Crippen molar-refractivity contribution in [2.75, 3.05) is 44.2 Å². The van der Waals surface area contributed by atoms with E-state index in [0.717, 1.165) is 0 Å². The number of carbonyl (C=O) groups is 2. The minimum atomic E-state index is -0.322. The van der Waals surface area contributed by atoms with Crippen molar-refractivity contribution in [3.63, 3.8) is 0 Å². The van der Waals surface area contributed by atoms with E-state index in [1.807, 2.05) is 4.90 Å². The number of ether oxygens (including phenoxy) is 1. The van der Waals surface area contributed by atoms with E-state index >= 15 is 0 Å². The molecule has 0 aliphatic carbocycles. The first-order valence-electron chi connectivity index (χ1n) is 7.79. The molecule has 1 heterocycles. The molecular formula is C16H22FN3O3. The van der Waals surface area contributed by atoms with E-state index in [9.17, 15) is 14.0 Å². The van der Waals surface area contributed by atoms with E-state index in [1.165, 1.54) is 6.07 Å². The Kier molecular flexibility index (Phi) is 6.19. The Hall–Kier alpha value is -2.31. The van der Waals surface area contributed by atoms with Crippen LogP contribution in [0.4, 0.5) is 14.9 Å². The smallest absolute Gasteiger partial charge is 0.317 e. The molecule has 2 amide bonds. The molecule has 1 saturated heterocycles. The molecule has 2 rings (SSSR count). The van der Waals surface area contributed by atoms with Gasteiger partial charge in [-0.25, -0.2) is 9.18 Å². The molecule has 0 radical (unpaired) electrons. The molecule has 0 atom stereocenters. The SMILES string of the molecule is CCOC(=O)CCNC(=O)N1CCN(c2ccccc2F)CC1. The normalized spacial score (nSPS) is 14.5. The lowest BCUT2D eigenvalue weighted by molar-refractivity contribution is -0.142. The Bertz CT molecular complexity index is 545. The van der Waals surface area contributed by atoms with Gasteiger partial charge in [0.1, 0.15) is 5.82 Å². The second-order valence-electron chi connectivity index (χ2n) is 5.21. The number of urea groups is 1. The first kappa shape index (κ1) is 17.1. The minimum Gasteiger partial charge on any atom is -0.466 e. The Morgan fingerprint density at radius 1 is 1.22 bits per heavy atom. The van der Waals surface area contributed by atoms with Gasteiger partial charge in [-0.1, -0.05) is 12.1 Å². The summed E-state index contributed by atoms with van der Waals surface area (Å²) < 4.78 is 18.6. The molecule has 0 unspecified atom stereocenters. The summed E-state index contributed by atoms with van der Waals surface area (Å²) in [5, 5.41) is 2.70. The van der Waals surface area contributed by atoms with Gasteiger partial charge in [0.2, 0.25) is 0 Å². The molecule has 1 N–H and O–H groups in total. The van der Waals surface area contributed by atoms with Crippen LogP contribution in [0.5, 0.6) is 0 Å². The Morgan fingerprint density at radius 3 is 2.57 bits per heavy atom. The third-order valence-corrected chi connectivity index (χ3v) is 3.67. The number of anilines is 1. The molecule has 1 aliphatic heterocycles. The van der Waals surface area contributed by atoms with E-state index in [2.05, 4.69) is 5.32 Å². The molecule has 0 saturated carbocycles. The lowest BCUT2D eigenvalue weighted by atomic mass is 10.2. The lowest BCUT2D eigenvalue weighted by Crippen LogP contribution is -2.52. The van der Waals surface area contributed by atoms with Crippen LogP contribution in [-0.2, 0) is 9.53 Å². The van der Waals surface area contributed by atoms with Crippen LogP contribution in [0.1, 0.15) is 13.3 Å². The van der Waals surface area contributed by atoms with Gasteiger partial charge in [-0.05, 0) is 19.1 Å². The summed E-state index contributed by atoms with van der Waals surface area (Å²) in [7, 11) is 0.